The van der Waals surface area contributed by atoms with Gasteiger partial charge in [-0.05, 0) is 25.8 Å². The molecule has 1 unspecified atom stereocenters. The van der Waals surface area contributed by atoms with Crippen LogP contribution in [-0.4, -0.2) is 24.7 Å². The molecule has 1 fully saturated rings. The van der Waals surface area contributed by atoms with Gasteiger partial charge in [0.05, 0.1) is 0 Å². The molecule has 15 heavy (non-hydrogen) atoms. The minimum absolute atomic E-state index is 0.220. The lowest BCUT2D eigenvalue weighted by Crippen LogP contribution is -2.61. The molecule has 1 saturated heterocycles. The summed E-state index contributed by atoms with van der Waals surface area (Å²) in [5.74, 6) is 0. The van der Waals surface area contributed by atoms with Crippen LogP contribution in [0.15, 0.2) is 30.3 Å². The van der Waals surface area contributed by atoms with Gasteiger partial charge in [-0.1, -0.05) is 30.3 Å². The van der Waals surface area contributed by atoms with E-state index in [-0.39, 0.29) is 5.54 Å². The highest BCUT2D eigenvalue weighted by molar-refractivity contribution is 5.16. The molecule has 0 aliphatic carbocycles. The van der Waals surface area contributed by atoms with Gasteiger partial charge >= 0.3 is 0 Å². The van der Waals surface area contributed by atoms with Crippen molar-refractivity contribution in [2.45, 2.75) is 31.8 Å². The Bertz CT molecular complexity index is 306. The summed E-state index contributed by atoms with van der Waals surface area (Å²) in [5, 5.41) is 7.16. The van der Waals surface area contributed by atoms with Crippen molar-refractivity contribution in [3.63, 3.8) is 0 Å². The van der Waals surface area contributed by atoms with Gasteiger partial charge in [0.15, 0.2) is 0 Å². The van der Waals surface area contributed by atoms with Crippen LogP contribution in [0.1, 0.15) is 19.4 Å². The molecule has 0 spiro atoms. The average Bonchev–Trinajstić information content (AvgIpc) is 2.17. The largest absolute Gasteiger partial charge is 0.313 e. The van der Waals surface area contributed by atoms with Gasteiger partial charge in [-0.25, -0.2) is 0 Å². The van der Waals surface area contributed by atoms with Crippen molar-refractivity contribution in [2.24, 2.45) is 0 Å². The fraction of sp³-hybridized carbons (Fsp3) is 0.538. The molecule has 1 atom stereocenters. The number of hydrogen-bond donors (Lipinski definition) is 2. The molecule has 1 aromatic rings. The fourth-order valence-corrected chi connectivity index (χ4v) is 2.24. The lowest BCUT2D eigenvalue weighted by molar-refractivity contribution is 0.261. The van der Waals surface area contributed by atoms with E-state index in [0.717, 1.165) is 19.5 Å². The van der Waals surface area contributed by atoms with E-state index in [4.69, 9.17) is 0 Å². The summed E-state index contributed by atoms with van der Waals surface area (Å²) in [5.41, 5.74) is 1.63. The molecule has 2 nitrogen and oxygen atoms in total. The average molecular weight is 204 g/mol. The van der Waals surface area contributed by atoms with E-state index in [1.54, 1.807) is 0 Å². The second-order valence-corrected chi connectivity index (χ2v) is 5.05. The van der Waals surface area contributed by atoms with Crippen molar-refractivity contribution >= 4 is 0 Å². The van der Waals surface area contributed by atoms with Crippen LogP contribution in [0.2, 0.25) is 0 Å². The molecule has 1 heterocycles. The van der Waals surface area contributed by atoms with Crippen molar-refractivity contribution in [1.82, 2.24) is 10.6 Å². The third kappa shape index (κ3) is 3.05. The summed E-state index contributed by atoms with van der Waals surface area (Å²) >= 11 is 0. The van der Waals surface area contributed by atoms with Crippen molar-refractivity contribution in [3.8, 4) is 0 Å². The second-order valence-electron chi connectivity index (χ2n) is 5.05. The van der Waals surface area contributed by atoms with Crippen molar-refractivity contribution in [2.75, 3.05) is 13.1 Å². The van der Waals surface area contributed by atoms with Crippen LogP contribution in [0, 0.1) is 0 Å². The quantitative estimate of drug-likeness (QED) is 0.764. The number of rotatable bonds is 2. The molecule has 2 heteroatoms. The van der Waals surface area contributed by atoms with Gasteiger partial charge in [-0.2, -0.15) is 0 Å². The van der Waals surface area contributed by atoms with Gasteiger partial charge in [0, 0.05) is 24.7 Å². The van der Waals surface area contributed by atoms with Gasteiger partial charge in [0.1, 0.15) is 0 Å². The van der Waals surface area contributed by atoms with Gasteiger partial charge < -0.3 is 10.6 Å². The molecule has 1 aromatic carbocycles. The van der Waals surface area contributed by atoms with E-state index in [0.29, 0.717) is 6.04 Å². The molecular weight excluding hydrogens is 184 g/mol. The molecule has 2 N–H and O–H groups in total. The monoisotopic (exact) mass is 204 g/mol. The first-order valence-electron chi connectivity index (χ1n) is 5.68. The lowest BCUT2D eigenvalue weighted by atomic mass is 9.96. The highest BCUT2D eigenvalue weighted by Gasteiger charge is 2.26. The van der Waals surface area contributed by atoms with Gasteiger partial charge in [-0.3, -0.25) is 0 Å². The Kier molecular flexibility index (Phi) is 3.08. The minimum atomic E-state index is 0.220. The molecule has 0 aromatic heterocycles. The third-order valence-electron chi connectivity index (χ3n) is 2.88. The Morgan fingerprint density at radius 1 is 1.27 bits per heavy atom. The normalized spacial score (nSPS) is 25.1. The van der Waals surface area contributed by atoms with Gasteiger partial charge in [0.2, 0.25) is 0 Å². The maximum Gasteiger partial charge on any atom is 0.0252 e. The molecule has 1 aliphatic rings. The maximum absolute atomic E-state index is 3.68. The second kappa shape index (κ2) is 4.33. The Hall–Kier alpha value is -0.860. The van der Waals surface area contributed by atoms with E-state index >= 15 is 0 Å². The highest BCUT2D eigenvalue weighted by atomic mass is 15.1. The van der Waals surface area contributed by atoms with Crippen LogP contribution >= 0.6 is 0 Å². The molecule has 0 bridgehead atoms. The van der Waals surface area contributed by atoms with Gasteiger partial charge in [0.25, 0.3) is 0 Å². The number of benzene rings is 1. The van der Waals surface area contributed by atoms with Crippen molar-refractivity contribution in [1.29, 1.82) is 0 Å². The Morgan fingerprint density at radius 2 is 2.00 bits per heavy atom. The molecule has 0 radical (unpaired) electrons. The Balaban J connectivity index is 1.95. The first-order valence-corrected chi connectivity index (χ1v) is 5.68. The van der Waals surface area contributed by atoms with E-state index in [9.17, 15) is 0 Å². The maximum atomic E-state index is 3.68. The van der Waals surface area contributed by atoms with E-state index in [1.807, 2.05) is 0 Å². The van der Waals surface area contributed by atoms with E-state index in [1.165, 1.54) is 5.56 Å². The summed E-state index contributed by atoms with van der Waals surface area (Å²) in [6.45, 7) is 6.62. The molecule has 82 valence electrons. The zero-order chi connectivity index (χ0) is 10.7. The summed E-state index contributed by atoms with van der Waals surface area (Å²) in [6, 6.07) is 11.2. The van der Waals surface area contributed by atoms with Crippen LogP contribution in [0.5, 0.6) is 0 Å². The number of piperazine rings is 1. The standard InChI is InChI=1S/C13H20N2/c1-13(2)10-14-9-12(15-13)8-11-6-4-3-5-7-11/h3-7,12,14-15H,8-10H2,1-2H3. The highest BCUT2D eigenvalue weighted by Crippen LogP contribution is 2.10. The van der Waals surface area contributed by atoms with Crippen molar-refractivity contribution in [3.05, 3.63) is 35.9 Å². The topological polar surface area (TPSA) is 24.1 Å². The van der Waals surface area contributed by atoms with Crippen molar-refractivity contribution < 1.29 is 0 Å². The van der Waals surface area contributed by atoms with E-state index < -0.39 is 0 Å². The summed E-state index contributed by atoms with van der Waals surface area (Å²) in [6.07, 6.45) is 1.11. The smallest absolute Gasteiger partial charge is 0.0252 e. The SMILES string of the molecule is CC1(C)CNCC(Cc2ccccc2)N1. The summed E-state index contributed by atoms with van der Waals surface area (Å²) < 4.78 is 0. The molecule has 1 aliphatic heterocycles. The third-order valence-corrected chi connectivity index (χ3v) is 2.88. The lowest BCUT2D eigenvalue weighted by Gasteiger charge is -2.37. The fourth-order valence-electron chi connectivity index (χ4n) is 2.24. The molecule has 2 rings (SSSR count). The van der Waals surface area contributed by atoms with Crippen LogP contribution in [0.4, 0.5) is 0 Å². The summed E-state index contributed by atoms with van der Waals surface area (Å²) in [7, 11) is 0. The zero-order valence-corrected chi connectivity index (χ0v) is 9.59. The van der Waals surface area contributed by atoms with Crippen LogP contribution < -0.4 is 10.6 Å². The van der Waals surface area contributed by atoms with Crippen LogP contribution in [0.3, 0.4) is 0 Å². The van der Waals surface area contributed by atoms with Crippen LogP contribution in [-0.2, 0) is 6.42 Å². The first kappa shape index (κ1) is 10.7. The zero-order valence-electron chi connectivity index (χ0n) is 9.59. The molecule has 0 saturated carbocycles. The minimum Gasteiger partial charge on any atom is -0.313 e. The predicted molar refractivity (Wildman–Crippen MR) is 64.0 cm³/mol. The first-order chi connectivity index (χ1) is 7.16. The number of nitrogens with one attached hydrogen (secondary N) is 2. The molecule has 0 amide bonds. The Labute approximate surface area is 92.1 Å². The van der Waals surface area contributed by atoms with Crippen LogP contribution in [0.25, 0.3) is 0 Å². The van der Waals surface area contributed by atoms with E-state index in [2.05, 4.69) is 54.8 Å². The predicted octanol–water partition coefficient (Wildman–Crippen LogP) is 1.57. The van der Waals surface area contributed by atoms with Gasteiger partial charge in [-0.15, -0.1) is 0 Å². The Morgan fingerprint density at radius 3 is 2.67 bits per heavy atom. The number of hydrogen-bond acceptors (Lipinski definition) is 2. The summed E-state index contributed by atoms with van der Waals surface area (Å²) in [4.78, 5) is 0. The molecular formula is C13H20N2.